The van der Waals surface area contributed by atoms with Crippen molar-refractivity contribution >= 4 is 41.0 Å². The second kappa shape index (κ2) is 11.1. The highest BCUT2D eigenvalue weighted by Crippen LogP contribution is 2.35. The molecule has 3 aromatic carbocycles. The van der Waals surface area contributed by atoms with Gasteiger partial charge in [-0.15, -0.1) is 0 Å². The first-order valence-corrected chi connectivity index (χ1v) is 11.8. The Morgan fingerprint density at radius 2 is 1.86 bits per heavy atom. The number of anilines is 1. The fourth-order valence-electron chi connectivity index (χ4n) is 3.45. The van der Waals surface area contributed by atoms with Gasteiger partial charge in [0, 0.05) is 10.6 Å². The van der Waals surface area contributed by atoms with Gasteiger partial charge in [0.05, 0.1) is 36.4 Å². The number of hydrogen-bond acceptors (Lipinski definition) is 7. The van der Waals surface area contributed by atoms with Gasteiger partial charge in [0.25, 0.3) is 5.91 Å². The summed E-state index contributed by atoms with van der Waals surface area (Å²) < 4.78 is 16.8. The molecule has 1 amide bonds. The number of methoxy groups -OCH3 is 2. The van der Waals surface area contributed by atoms with Crippen molar-refractivity contribution in [2.75, 3.05) is 19.5 Å². The summed E-state index contributed by atoms with van der Waals surface area (Å²) in [4.78, 5) is 13.1. The van der Waals surface area contributed by atoms with E-state index in [1.165, 1.54) is 11.8 Å². The molecule has 0 saturated carbocycles. The maximum atomic E-state index is 12.6. The van der Waals surface area contributed by atoms with Gasteiger partial charge in [-0.05, 0) is 48.0 Å². The summed E-state index contributed by atoms with van der Waals surface area (Å²) in [7, 11) is 3.13. The number of hydrogen-bond donors (Lipinski definition) is 2. The van der Waals surface area contributed by atoms with Crippen LogP contribution in [0.3, 0.4) is 0 Å². The Bertz CT molecular complexity index is 1320. The Morgan fingerprint density at radius 3 is 2.63 bits per heavy atom. The highest BCUT2D eigenvalue weighted by atomic mass is 35.5. The number of rotatable bonds is 8. The van der Waals surface area contributed by atoms with E-state index in [1.54, 1.807) is 56.7 Å². The summed E-state index contributed by atoms with van der Waals surface area (Å²) in [5.41, 5.74) is 2.43. The third kappa shape index (κ3) is 5.83. The lowest BCUT2D eigenvalue weighted by Crippen LogP contribution is -2.31. The molecule has 1 fully saturated rings. The molecule has 3 aromatic rings. The maximum Gasteiger partial charge on any atom is 0.260 e. The SMILES string of the molecule is COc1ccc(Cl)cc1NC1NC(=O)/C(=C/c2ccc(OCc3ccccc3C#N)c(OC)c2)S1. The second-order valence-electron chi connectivity index (χ2n) is 7.44. The standard InChI is InChI=1S/C26H22ClN3O4S/c1-32-21-10-8-19(27)13-20(21)29-26-30-25(31)24(35-26)12-16-7-9-22(23(11-16)33-2)34-15-18-6-4-3-5-17(18)14-28/h3-13,26,29H,15H2,1-2H3,(H,30,31)/b24-12-. The number of benzene rings is 3. The van der Waals surface area contributed by atoms with Gasteiger partial charge in [-0.1, -0.05) is 47.6 Å². The van der Waals surface area contributed by atoms with E-state index in [1.807, 2.05) is 24.3 Å². The summed E-state index contributed by atoms with van der Waals surface area (Å²) in [6.45, 7) is 0.235. The van der Waals surface area contributed by atoms with Crippen LogP contribution in [0.4, 0.5) is 5.69 Å². The molecule has 1 aliphatic rings. The first kappa shape index (κ1) is 24.3. The first-order valence-electron chi connectivity index (χ1n) is 10.6. The molecule has 2 N–H and O–H groups in total. The van der Waals surface area contributed by atoms with Crippen LogP contribution in [0.5, 0.6) is 17.2 Å². The van der Waals surface area contributed by atoms with Crippen molar-refractivity contribution in [3.63, 3.8) is 0 Å². The molecule has 1 atom stereocenters. The molecule has 0 spiro atoms. The zero-order chi connectivity index (χ0) is 24.8. The Morgan fingerprint density at radius 1 is 1.09 bits per heavy atom. The van der Waals surface area contributed by atoms with Crippen LogP contribution in [0.15, 0.2) is 65.6 Å². The molecule has 1 aliphatic heterocycles. The lowest BCUT2D eigenvalue weighted by molar-refractivity contribution is -0.116. The van der Waals surface area contributed by atoms with Gasteiger partial charge in [-0.25, -0.2) is 0 Å². The second-order valence-corrected chi connectivity index (χ2v) is 9.02. The molecule has 0 aliphatic carbocycles. The number of nitriles is 1. The minimum absolute atomic E-state index is 0.194. The molecule has 1 heterocycles. The smallest absolute Gasteiger partial charge is 0.260 e. The number of nitrogens with zero attached hydrogens (tertiary/aromatic N) is 1. The largest absolute Gasteiger partial charge is 0.495 e. The quantitative estimate of drug-likeness (QED) is 0.394. The monoisotopic (exact) mass is 507 g/mol. The number of thioether (sulfide) groups is 1. The van der Waals surface area contributed by atoms with Crippen LogP contribution in [0, 0.1) is 11.3 Å². The minimum Gasteiger partial charge on any atom is -0.495 e. The van der Waals surface area contributed by atoms with Gasteiger partial charge in [-0.3, -0.25) is 4.79 Å². The lowest BCUT2D eigenvalue weighted by atomic mass is 10.1. The molecule has 1 saturated heterocycles. The van der Waals surface area contributed by atoms with Crippen molar-refractivity contribution < 1.29 is 19.0 Å². The molecular formula is C26H22ClN3O4S. The van der Waals surface area contributed by atoms with Crippen LogP contribution < -0.4 is 24.8 Å². The third-order valence-corrected chi connectivity index (χ3v) is 6.45. The molecular weight excluding hydrogens is 486 g/mol. The fourth-order valence-corrected chi connectivity index (χ4v) is 4.60. The van der Waals surface area contributed by atoms with E-state index >= 15 is 0 Å². The van der Waals surface area contributed by atoms with E-state index in [0.717, 1.165) is 11.1 Å². The Kier molecular flexibility index (Phi) is 7.70. The van der Waals surface area contributed by atoms with Gasteiger partial charge in [0.1, 0.15) is 12.4 Å². The molecule has 178 valence electrons. The fraction of sp³-hybridized carbons (Fsp3) is 0.154. The molecule has 0 aromatic heterocycles. The highest BCUT2D eigenvalue weighted by Gasteiger charge is 2.28. The number of carbonyl (C=O) groups is 1. The van der Waals surface area contributed by atoms with Crippen molar-refractivity contribution in [1.29, 1.82) is 5.26 Å². The topological polar surface area (TPSA) is 92.6 Å². The predicted octanol–water partition coefficient (Wildman–Crippen LogP) is 5.41. The van der Waals surface area contributed by atoms with E-state index in [2.05, 4.69) is 16.7 Å². The zero-order valence-corrected chi connectivity index (χ0v) is 20.6. The van der Waals surface area contributed by atoms with Gasteiger partial charge in [-0.2, -0.15) is 5.26 Å². The third-order valence-electron chi connectivity index (χ3n) is 5.19. The van der Waals surface area contributed by atoms with Gasteiger partial charge >= 0.3 is 0 Å². The number of carbonyl (C=O) groups excluding carboxylic acids is 1. The number of nitrogens with one attached hydrogen (secondary N) is 2. The normalized spacial score (nSPS) is 15.9. The van der Waals surface area contributed by atoms with Crippen LogP contribution in [-0.2, 0) is 11.4 Å². The van der Waals surface area contributed by atoms with Gasteiger partial charge in [0.15, 0.2) is 17.0 Å². The Labute approximate surface area is 212 Å². The highest BCUT2D eigenvalue weighted by molar-refractivity contribution is 8.05. The Balaban J connectivity index is 1.47. The zero-order valence-electron chi connectivity index (χ0n) is 19.0. The molecule has 0 bridgehead atoms. The predicted molar refractivity (Wildman–Crippen MR) is 138 cm³/mol. The number of amides is 1. The lowest BCUT2D eigenvalue weighted by Gasteiger charge is -2.15. The molecule has 1 unspecified atom stereocenters. The Hall–Kier alpha value is -3.80. The van der Waals surface area contributed by atoms with Gasteiger partial charge < -0.3 is 24.8 Å². The van der Waals surface area contributed by atoms with E-state index < -0.39 is 0 Å². The molecule has 35 heavy (non-hydrogen) atoms. The number of ether oxygens (including phenoxy) is 3. The van der Waals surface area contributed by atoms with Crippen LogP contribution in [0.25, 0.3) is 6.08 Å². The summed E-state index contributed by atoms with van der Waals surface area (Å²) in [6, 6.07) is 20.1. The van der Waals surface area contributed by atoms with Crippen LogP contribution in [0.2, 0.25) is 5.02 Å². The van der Waals surface area contributed by atoms with E-state index in [9.17, 15) is 10.1 Å². The van der Waals surface area contributed by atoms with E-state index in [-0.39, 0.29) is 18.0 Å². The van der Waals surface area contributed by atoms with E-state index in [0.29, 0.717) is 38.4 Å². The average molecular weight is 508 g/mol. The average Bonchev–Trinajstić information content (AvgIpc) is 3.21. The van der Waals surface area contributed by atoms with Gasteiger partial charge in [0.2, 0.25) is 0 Å². The number of halogens is 1. The summed E-state index contributed by atoms with van der Waals surface area (Å²) >= 11 is 7.45. The van der Waals surface area contributed by atoms with Crippen LogP contribution >= 0.6 is 23.4 Å². The van der Waals surface area contributed by atoms with Crippen molar-refractivity contribution in [3.8, 4) is 23.3 Å². The minimum atomic E-state index is -0.383. The maximum absolute atomic E-state index is 12.6. The first-order chi connectivity index (χ1) is 17.0. The summed E-state index contributed by atoms with van der Waals surface area (Å²) in [6.07, 6.45) is 1.79. The summed E-state index contributed by atoms with van der Waals surface area (Å²) in [5.74, 6) is 1.49. The molecule has 4 rings (SSSR count). The van der Waals surface area contributed by atoms with Crippen molar-refractivity contribution in [2.24, 2.45) is 0 Å². The molecule has 0 radical (unpaired) electrons. The van der Waals surface area contributed by atoms with Crippen LogP contribution in [0.1, 0.15) is 16.7 Å². The van der Waals surface area contributed by atoms with Crippen molar-refractivity contribution in [1.82, 2.24) is 5.32 Å². The van der Waals surface area contributed by atoms with Crippen LogP contribution in [-0.4, -0.2) is 25.6 Å². The van der Waals surface area contributed by atoms with Crippen molar-refractivity contribution in [2.45, 2.75) is 12.1 Å². The van der Waals surface area contributed by atoms with E-state index in [4.69, 9.17) is 25.8 Å². The molecule has 7 nitrogen and oxygen atoms in total. The van der Waals surface area contributed by atoms with Crippen molar-refractivity contribution in [3.05, 3.63) is 87.3 Å². The summed E-state index contributed by atoms with van der Waals surface area (Å²) in [5, 5.41) is 16.0. The molecule has 9 heteroatoms.